The number of hydrogen-bond donors (Lipinski definition) is 0. The maximum atomic E-state index is 7.12. The highest BCUT2D eigenvalue weighted by Gasteiger charge is 2.44. The van der Waals surface area contributed by atoms with Gasteiger partial charge >= 0.3 is 6.98 Å². The van der Waals surface area contributed by atoms with Crippen molar-refractivity contribution < 1.29 is 9.30 Å². The van der Waals surface area contributed by atoms with Crippen LogP contribution in [0.4, 0.5) is 22.7 Å². The molecule has 0 bridgehead atoms. The van der Waals surface area contributed by atoms with Crippen LogP contribution >= 0.6 is 0 Å². The van der Waals surface area contributed by atoms with Gasteiger partial charge in [-0.15, -0.1) is 0 Å². The molecule has 0 N–H and O–H groups in total. The van der Waals surface area contributed by atoms with Gasteiger partial charge in [0.05, 0.1) is 44.8 Å². The molecule has 0 fully saturated rings. The minimum absolute atomic E-state index is 0.0843. The first kappa shape index (κ1) is 48.4. The maximum Gasteiger partial charge on any atom is 0.420 e. The Bertz CT molecular complexity index is 4470. The lowest BCUT2D eigenvalue weighted by molar-refractivity contribution is -0.571. The van der Waals surface area contributed by atoms with Gasteiger partial charge in [0.25, 0.3) is 6.33 Å². The van der Waals surface area contributed by atoms with Gasteiger partial charge in [0.1, 0.15) is 25.4 Å². The van der Waals surface area contributed by atoms with E-state index in [9.17, 15) is 0 Å². The van der Waals surface area contributed by atoms with Crippen molar-refractivity contribution >= 4 is 86.5 Å². The van der Waals surface area contributed by atoms with E-state index in [1.165, 1.54) is 26.9 Å². The number of aromatic nitrogens is 4. The van der Waals surface area contributed by atoms with Gasteiger partial charge in [-0.3, -0.25) is 13.7 Å². The number of hydrogen-bond acceptors (Lipinski definition) is 4. The van der Waals surface area contributed by atoms with Gasteiger partial charge in [-0.1, -0.05) is 198 Å². The Labute approximate surface area is 474 Å². The summed E-state index contributed by atoms with van der Waals surface area (Å²) in [6.07, 6.45) is 5.92. The summed E-state index contributed by atoms with van der Waals surface area (Å²) < 4.78 is 14.0. The van der Waals surface area contributed by atoms with Gasteiger partial charge in [-0.25, -0.2) is 4.98 Å². The van der Waals surface area contributed by atoms with Gasteiger partial charge < -0.3 is 14.4 Å². The fourth-order valence-electron chi connectivity index (χ4n) is 12.8. The molecule has 3 aromatic heterocycles. The fourth-order valence-corrected chi connectivity index (χ4v) is 15.8. The van der Waals surface area contributed by atoms with E-state index in [1.54, 1.807) is 0 Å². The van der Waals surface area contributed by atoms with Crippen LogP contribution in [0.5, 0.6) is 11.5 Å². The summed E-state index contributed by atoms with van der Waals surface area (Å²) in [6.45, 7) is 11.5. The molecule has 0 saturated heterocycles. The van der Waals surface area contributed by atoms with Crippen molar-refractivity contribution in [3.05, 3.63) is 267 Å². The lowest BCUT2D eigenvalue weighted by Gasteiger charge is -2.32. The van der Waals surface area contributed by atoms with Crippen LogP contribution in [-0.2, 0) is 5.41 Å². The summed E-state index contributed by atoms with van der Waals surface area (Å²) in [6, 6.07) is 89.9. The minimum Gasteiger partial charge on any atom is -0.458 e. The number of pyridine rings is 1. The third-order valence-corrected chi connectivity index (χ3v) is 20.3. The highest BCUT2D eigenvalue weighted by Crippen LogP contribution is 2.47. The molecule has 10 aromatic carbocycles. The summed E-state index contributed by atoms with van der Waals surface area (Å²) in [4.78, 5) is 10.1. The zero-order valence-corrected chi connectivity index (χ0v) is 46.9. The first-order valence-electron chi connectivity index (χ1n) is 28.0. The van der Waals surface area contributed by atoms with E-state index >= 15 is 0 Å². The van der Waals surface area contributed by atoms with Crippen LogP contribution in [0.3, 0.4) is 0 Å². The molecule has 9 heteroatoms. The largest absolute Gasteiger partial charge is 0.458 e. The van der Waals surface area contributed by atoms with Crippen molar-refractivity contribution in [3.63, 3.8) is 0 Å². The number of rotatable bonds is 9. The normalized spacial score (nSPS) is 13.5. The zero-order chi connectivity index (χ0) is 54.6. The van der Waals surface area contributed by atoms with Crippen molar-refractivity contribution in [2.24, 2.45) is 0 Å². The SMILES string of the molecule is CC(C)(C)c1ccnc(-n2c3ccc(B4N(c5ccccc5)c5ccccc5N4c4ccccc4)cc3c3ccc(Oc4ccc5c(c4)-n4[c-][n+](-c6c(-c7ccccc7)cccc6-c6ccccc6)c6cccc(c64)[Si]5(C)C)cc32)c1. The summed E-state index contributed by atoms with van der Waals surface area (Å²) >= 11 is 0. The molecule has 0 amide bonds. The van der Waals surface area contributed by atoms with Gasteiger partial charge in [0.15, 0.2) is 0 Å². The Morgan fingerprint density at radius 3 is 1.74 bits per heavy atom. The van der Waals surface area contributed by atoms with E-state index in [2.05, 4.69) is 312 Å². The van der Waals surface area contributed by atoms with Crippen LogP contribution < -0.4 is 34.8 Å². The molecule has 7 nitrogen and oxygen atoms in total. The Balaban J connectivity index is 0.883. The van der Waals surface area contributed by atoms with Crippen LogP contribution in [0, 0.1) is 6.33 Å². The third kappa shape index (κ3) is 7.86. The molecule has 0 saturated carbocycles. The monoisotopic (exact) mass is 1060 g/mol. The Hall–Kier alpha value is -9.70. The first-order chi connectivity index (χ1) is 39.6. The minimum atomic E-state index is -2.24. The van der Waals surface area contributed by atoms with Crippen LogP contribution in [0.15, 0.2) is 255 Å². The van der Waals surface area contributed by atoms with Gasteiger partial charge in [0.2, 0.25) is 0 Å². The van der Waals surface area contributed by atoms with Crippen LogP contribution in [0.25, 0.3) is 72.3 Å². The van der Waals surface area contributed by atoms with E-state index in [4.69, 9.17) is 9.72 Å². The second-order valence-electron chi connectivity index (χ2n) is 23.0. The average molecular weight is 1060 g/mol. The van der Waals surface area contributed by atoms with E-state index in [0.29, 0.717) is 0 Å². The molecule has 388 valence electrons. The summed E-state index contributed by atoms with van der Waals surface area (Å²) in [5.41, 5.74) is 18.1. The number of anilines is 4. The van der Waals surface area contributed by atoms with E-state index < -0.39 is 8.07 Å². The standard InChI is InChI=1S/C72H57BN6OSi/c1-72(2,3)51-42-43-74-69(44-51)77-61-40-36-52(73-78(53-26-14-8-15-27-53)62-32-18-19-33-63(62)79(73)54-28-16-9-17-29-54)45-60(61)59-39-37-55(46-65(59)77)80-56-38-41-67-66(47-56)76-48-75(64-34-21-35-68(71(64)76)81(67,4)5)70-57(49-22-10-6-11-23-49)30-20-31-58(70)50-24-12-7-13-25-50/h6-47H,1-5H3. The van der Waals surface area contributed by atoms with Crippen molar-refractivity contribution in [2.45, 2.75) is 39.3 Å². The number of benzene rings is 10. The highest BCUT2D eigenvalue weighted by molar-refractivity contribution is 7.02. The van der Waals surface area contributed by atoms with Gasteiger partial charge in [-0.05, 0) is 128 Å². The smallest absolute Gasteiger partial charge is 0.420 e. The molecular weight excluding hydrogens is 1000 g/mol. The number of imidazole rings is 1. The lowest BCUT2D eigenvalue weighted by atomic mass is 9.64. The van der Waals surface area contributed by atoms with Crippen molar-refractivity contribution in [1.82, 2.24) is 14.1 Å². The molecule has 0 atom stereocenters. The molecule has 2 aliphatic heterocycles. The van der Waals surface area contributed by atoms with Gasteiger partial charge in [0, 0.05) is 34.4 Å². The predicted molar refractivity (Wildman–Crippen MR) is 338 cm³/mol. The molecule has 0 spiro atoms. The average Bonchev–Trinajstić information content (AvgIpc) is 2.63. The molecule has 0 aliphatic carbocycles. The highest BCUT2D eigenvalue weighted by atomic mass is 28.3. The Kier molecular flexibility index (Phi) is 11.2. The summed E-state index contributed by atoms with van der Waals surface area (Å²) in [5, 5.41) is 4.98. The second-order valence-corrected chi connectivity index (χ2v) is 27.3. The number of ether oxygens (including phenoxy) is 1. The van der Waals surface area contributed by atoms with Crippen LogP contribution in [0.1, 0.15) is 26.3 Å². The zero-order valence-electron chi connectivity index (χ0n) is 45.9. The van der Waals surface area contributed by atoms with Crippen LogP contribution in [0.2, 0.25) is 13.1 Å². The van der Waals surface area contributed by atoms with Crippen molar-refractivity contribution in [1.29, 1.82) is 0 Å². The number of fused-ring (bicyclic) bond motifs is 6. The quantitative estimate of drug-likeness (QED) is 0.0821. The Morgan fingerprint density at radius 2 is 1.10 bits per heavy atom. The molecule has 0 unspecified atom stereocenters. The van der Waals surface area contributed by atoms with E-state index in [0.717, 1.165) is 101 Å². The topological polar surface area (TPSA) is 42.3 Å². The van der Waals surface area contributed by atoms with Crippen molar-refractivity contribution in [3.8, 4) is 50.9 Å². The lowest BCUT2D eigenvalue weighted by Crippen LogP contribution is -2.57. The molecule has 13 aromatic rings. The number of nitrogens with zero attached hydrogens (tertiary/aromatic N) is 6. The van der Waals surface area contributed by atoms with E-state index in [1.807, 2.05) is 6.20 Å². The molecular formula is C72H57BN6OSi. The molecule has 5 heterocycles. The molecule has 0 radical (unpaired) electrons. The molecule has 2 aliphatic rings. The van der Waals surface area contributed by atoms with Gasteiger partial charge in [-0.2, -0.15) is 0 Å². The predicted octanol–water partition coefficient (Wildman–Crippen LogP) is 15.4. The molecule has 15 rings (SSSR count). The second kappa shape index (κ2) is 18.7. The summed E-state index contributed by atoms with van der Waals surface area (Å²) in [7, 11) is -2.24. The number of para-hydroxylation sites is 6. The van der Waals surface area contributed by atoms with E-state index in [-0.39, 0.29) is 12.4 Å². The fraction of sp³-hybridized carbons (Fsp3) is 0.0833. The molecule has 81 heavy (non-hydrogen) atoms. The van der Waals surface area contributed by atoms with Crippen molar-refractivity contribution in [2.75, 3.05) is 9.62 Å². The Morgan fingerprint density at radius 1 is 0.506 bits per heavy atom. The van der Waals surface area contributed by atoms with Crippen LogP contribution in [-0.4, -0.2) is 29.2 Å². The first-order valence-corrected chi connectivity index (χ1v) is 31.0. The third-order valence-electron chi connectivity index (χ3n) is 16.8. The maximum absolute atomic E-state index is 7.12. The summed E-state index contributed by atoms with van der Waals surface area (Å²) in [5.74, 6) is 2.36.